The molecule has 166 valence electrons. The molecule has 31 heavy (non-hydrogen) atoms. The number of rotatable bonds is 9. The zero-order chi connectivity index (χ0) is 23.0. The van der Waals surface area contributed by atoms with E-state index < -0.39 is 34.4 Å². The van der Waals surface area contributed by atoms with Gasteiger partial charge in [-0.15, -0.1) is 0 Å². The van der Waals surface area contributed by atoms with Crippen LogP contribution < -0.4 is 10.8 Å². The molecule has 0 spiro atoms. The molecular formula is C21H23FN2O6S. The number of benzene rings is 2. The van der Waals surface area contributed by atoms with Crippen molar-refractivity contribution in [2.24, 2.45) is 0 Å². The average Bonchev–Trinajstić information content (AvgIpc) is 2.71. The van der Waals surface area contributed by atoms with Gasteiger partial charge >= 0.3 is 0 Å². The van der Waals surface area contributed by atoms with Crippen molar-refractivity contribution < 1.29 is 32.3 Å². The minimum Gasteiger partial charge on any atom is -0.507 e. The lowest BCUT2D eigenvalue weighted by atomic mass is 10.1. The highest BCUT2D eigenvalue weighted by molar-refractivity contribution is 7.90. The van der Waals surface area contributed by atoms with Crippen LogP contribution in [0.4, 0.5) is 4.39 Å². The number of hydroxylamine groups is 1. The number of sulfone groups is 1. The third kappa shape index (κ3) is 7.19. The number of hydrogen-bond acceptors (Lipinski definition) is 6. The molecule has 10 heteroatoms. The van der Waals surface area contributed by atoms with E-state index >= 15 is 0 Å². The molecule has 8 nitrogen and oxygen atoms in total. The summed E-state index contributed by atoms with van der Waals surface area (Å²) in [5, 5.41) is 12.5. The van der Waals surface area contributed by atoms with Crippen LogP contribution in [0.3, 0.4) is 0 Å². The zero-order valence-corrected chi connectivity index (χ0v) is 17.8. The van der Waals surface area contributed by atoms with Crippen LogP contribution in [0.1, 0.15) is 21.5 Å². The molecule has 0 aliphatic heterocycles. The van der Waals surface area contributed by atoms with Crippen molar-refractivity contribution in [2.75, 3.05) is 20.0 Å². The number of halogens is 1. The summed E-state index contributed by atoms with van der Waals surface area (Å²) in [6.07, 6.45) is 3.87. The van der Waals surface area contributed by atoms with E-state index in [9.17, 15) is 27.5 Å². The lowest BCUT2D eigenvalue weighted by Gasteiger charge is -2.14. The van der Waals surface area contributed by atoms with Gasteiger partial charge in [0, 0.05) is 12.3 Å². The van der Waals surface area contributed by atoms with Crippen LogP contribution in [0.2, 0.25) is 0 Å². The molecule has 0 saturated heterocycles. The van der Waals surface area contributed by atoms with Gasteiger partial charge in [-0.25, -0.2) is 18.3 Å². The standard InChI is InChI=1S/C21H23FN2O6S/c1-30-24-21(27)18-9-5-15(12-19(18)25)6-10-20(26)23-16(13-22)11-14-3-7-17(8-4-14)31(2,28)29/h3-10,12,16,25H,11,13H2,1-2H3,(H,23,26)(H,24,27). The fourth-order valence-electron chi connectivity index (χ4n) is 2.71. The van der Waals surface area contributed by atoms with E-state index in [2.05, 4.69) is 15.6 Å². The highest BCUT2D eigenvalue weighted by atomic mass is 32.2. The smallest absolute Gasteiger partial charge is 0.278 e. The number of hydrogen-bond donors (Lipinski definition) is 3. The van der Waals surface area contributed by atoms with E-state index in [1.54, 1.807) is 12.1 Å². The van der Waals surface area contributed by atoms with Gasteiger partial charge in [0.15, 0.2) is 9.84 Å². The monoisotopic (exact) mass is 450 g/mol. The molecule has 0 aliphatic carbocycles. The summed E-state index contributed by atoms with van der Waals surface area (Å²) in [6.45, 7) is -0.808. The lowest BCUT2D eigenvalue weighted by Crippen LogP contribution is -2.37. The Kier molecular flexibility index (Phi) is 8.29. The number of carbonyl (C=O) groups is 2. The summed E-state index contributed by atoms with van der Waals surface area (Å²) >= 11 is 0. The average molecular weight is 450 g/mol. The Balaban J connectivity index is 1.99. The predicted molar refractivity (Wildman–Crippen MR) is 113 cm³/mol. The predicted octanol–water partition coefficient (Wildman–Crippen LogP) is 1.80. The Labute approximate surface area is 179 Å². The van der Waals surface area contributed by atoms with Crippen LogP contribution in [0.25, 0.3) is 6.08 Å². The maximum Gasteiger partial charge on any atom is 0.278 e. The van der Waals surface area contributed by atoms with Gasteiger partial charge in [-0.1, -0.05) is 18.2 Å². The number of aromatic hydroxyl groups is 1. The topological polar surface area (TPSA) is 122 Å². The number of carbonyl (C=O) groups excluding carboxylic acids is 2. The molecule has 0 radical (unpaired) electrons. The van der Waals surface area contributed by atoms with E-state index in [0.717, 1.165) is 6.26 Å². The first-order valence-corrected chi connectivity index (χ1v) is 11.0. The lowest BCUT2D eigenvalue weighted by molar-refractivity contribution is -0.117. The number of phenolic OH excluding ortho intramolecular Hbond substituents is 1. The number of phenols is 1. The zero-order valence-electron chi connectivity index (χ0n) is 17.0. The molecule has 2 aromatic rings. The van der Waals surface area contributed by atoms with Crippen LogP contribution in [-0.2, 0) is 25.9 Å². The Morgan fingerprint density at radius 2 is 1.87 bits per heavy atom. The van der Waals surface area contributed by atoms with Crippen LogP contribution in [0.15, 0.2) is 53.4 Å². The van der Waals surface area contributed by atoms with Gasteiger partial charge in [-0.05, 0) is 47.9 Å². The van der Waals surface area contributed by atoms with Crippen LogP contribution in [0.5, 0.6) is 5.75 Å². The summed E-state index contributed by atoms with van der Waals surface area (Å²) < 4.78 is 36.3. The number of nitrogens with one attached hydrogen (secondary N) is 2. The fourth-order valence-corrected chi connectivity index (χ4v) is 3.35. The quantitative estimate of drug-likeness (QED) is 0.396. The van der Waals surface area contributed by atoms with Gasteiger partial charge in [0.05, 0.1) is 23.6 Å². The molecule has 0 aromatic heterocycles. The molecule has 2 rings (SSSR count). The maximum absolute atomic E-state index is 13.4. The van der Waals surface area contributed by atoms with Crippen molar-refractivity contribution in [3.05, 3.63) is 65.2 Å². The maximum atomic E-state index is 13.4. The molecule has 0 bridgehead atoms. The van der Waals surface area contributed by atoms with Gasteiger partial charge in [0.2, 0.25) is 5.91 Å². The van der Waals surface area contributed by atoms with Gasteiger partial charge in [-0.3, -0.25) is 14.4 Å². The third-order valence-electron chi connectivity index (χ3n) is 4.25. The van der Waals surface area contributed by atoms with Crippen molar-refractivity contribution in [2.45, 2.75) is 17.4 Å². The van der Waals surface area contributed by atoms with Crippen molar-refractivity contribution >= 4 is 27.7 Å². The Morgan fingerprint density at radius 3 is 2.42 bits per heavy atom. The molecule has 2 aromatic carbocycles. The summed E-state index contributed by atoms with van der Waals surface area (Å²) in [7, 11) is -2.06. The van der Waals surface area contributed by atoms with Crippen LogP contribution >= 0.6 is 0 Å². The summed E-state index contributed by atoms with van der Waals surface area (Å²) in [4.78, 5) is 28.5. The second kappa shape index (κ2) is 10.7. The van der Waals surface area contributed by atoms with E-state index in [1.807, 2.05) is 0 Å². The normalized spacial score (nSPS) is 12.5. The minimum absolute atomic E-state index is 0.00263. The van der Waals surface area contributed by atoms with Crippen LogP contribution in [0, 0.1) is 0 Å². The third-order valence-corrected chi connectivity index (χ3v) is 5.38. The summed E-state index contributed by atoms with van der Waals surface area (Å²) in [6, 6.07) is 9.40. The fraction of sp³-hybridized carbons (Fsp3) is 0.238. The van der Waals surface area contributed by atoms with Crippen molar-refractivity contribution in [1.82, 2.24) is 10.8 Å². The van der Waals surface area contributed by atoms with Gasteiger partial charge in [0.1, 0.15) is 12.4 Å². The van der Waals surface area contributed by atoms with Crippen molar-refractivity contribution in [3.8, 4) is 5.75 Å². The first-order valence-electron chi connectivity index (χ1n) is 9.14. The van der Waals surface area contributed by atoms with E-state index in [0.29, 0.717) is 11.1 Å². The Morgan fingerprint density at radius 1 is 1.19 bits per heavy atom. The molecule has 0 fully saturated rings. The largest absolute Gasteiger partial charge is 0.507 e. The first-order chi connectivity index (χ1) is 14.6. The van der Waals surface area contributed by atoms with Crippen molar-refractivity contribution in [3.63, 3.8) is 0 Å². The Bertz CT molecular complexity index is 1070. The SMILES string of the molecule is CONC(=O)c1ccc(C=CC(=O)NC(CF)Cc2ccc(S(C)(=O)=O)cc2)cc1O. The molecular weight excluding hydrogens is 427 g/mol. The van der Waals surface area contributed by atoms with Crippen molar-refractivity contribution in [1.29, 1.82) is 0 Å². The number of alkyl halides is 1. The minimum atomic E-state index is -3.32. The number of amides is 2. The van der Waals surface area contributed by atoms with E-state index in [4.69, 9.17) is 0 Å². The molecule has 0 heterocycles. The molecule has 2 amide bonds. The van der Waals surface area contributed by atoms with Gasteiger partial charge in [0.25, 0.3) is 5.91 Å². The summed E-state index contributed by atoms with van der Waals surface area (Å²) in [5.41, 5.74) is 3.22. The molecule has 3 N–H and O–H groups in total. The van der Waals surface area contributed by atoms with Gasteiger partial charge < -0.3 is 10.4 Å². The molecule has 0 saturated carbocycles. The molecule has 1 atom stereocenters. The molecule has 1 unspecified atom stereocenters. The Hall–Kier alpha value is -3.24. The van der Waals surface area contributed by atoms with E-state index in [1.165, 1.54) is 49.6 Å². The molecule has 0 aliphatic rings. The van der Waals surface area contributed by atoms with Crippen LogP contribution in [-0.4, -0.2) is 51.4 Å². The van der Waals surface area contributed by atoms with E-state index in [-0.39, 0.29) is 22.6 Å². The second-order valence-corrected chi connectivity index (χ2v) is 8.74. The highest BCUT2D eigenvalue weighted by Gasteiger charge is 2.14. The first kappa shape index (κ1) is 24.0. The second-order valence-electron chi connectivity index (χ2n) is 6.73. The summed E-state index contributed by atoms with van der Waals surface area (Å²) in [5.74, 6) is -1.46. The van der Waals surface area contributed by atoms with Gasteiger partial charge in [-0.2, -0.15) is 0 Å². The highest BCUT2D eigenvalue weighted by Crippen LogP contribution is 2.19.